The molecule has 0 bridgehead atoms. The van der Waals surface area contributed by atoms with Crippen LogP contribution in [-0.2, 0) is 25.7 Å². The molecule has 1 aliphatic carbocycles. The van der Waals surface area contributed by atoms with Crippen LogP contribution in [0, 0.1) is 29.1 Å². The van der Waals surface area contributed by atoms with Crippen LogP contribution in [0.1, 0.15) is 33.1 Å². The number of aromatic nitrogens is 4. The number of nitrogens with two attached hydrogens (primary N) is 1. The van der Waals surface area contributed by atoms with Crippen molar-refractivity contribution >= 4 is 35.3 Å². The number of Topliss-reactive ketones (excluding diaryl/α,β-unsaturated/α-hetero) is 1. The summed E-state index contributed by atoms with van der Waals surface area (Å²) in [6.07, 6.45) is 1.67. The Balaban J connectivity index is 1.09. The van der Waals surface area contributed by atoms with Crippen LogP contribution in [0.5, 0.6) is 0 Å². The predicted octanol–water partition coefficient (Wildman–Crippen LogP) is -1.97. The number of aliphatic carboxylic acids is 1. The maximum absolute atomic E-state index is 13.5. The third-order valence-electron chi connectivity index (χ3n) is 10.2. The smallest absolute Gasteiger partial charge is 0.353 e. The monoisotopic (exact) mass is 618 g/mol. The number of amides is 2. The minimum atomic E-state index is -1.17. The van der Waals surface area contributed by atoms with Gasteiger partial charge in [0.2, 0.25) is 11.8 Å². The third-order valence-corrected chi connectivity index (χ3v) is 11.7. The molecule has 4 fully saturated rings. The molecule has 6 rings (SSSR count). The molecule has 1 unspecified atom stereocenters. The lowest BCUT2D eigenvalue weighted by molar-refractivity contribution is -0.160. The van der Waals surface area contributed by atoms with Gasteiger partial charge in [-0.15, -0.1) is 16.9 Å². The van der Waals surface area contributed by atoms with E-state index in [9.17, 15) is 34.5 Å². The van der Waals surface area contributed by atoms with Gasteiger partial charge in [0.1, 0.15) is 18.6 Å². The molecule has 1 aromatic heterocycles. The van der Waals surface area contributed by atoms with E-state index in [1.54, 1.807) is 4.90 Å². The summed E-state index contributed by atoms with van der Waals surface area (Å²) in [6.45, 7) is 4.79. The molecule has 15 nitrogen and oxygen atoms in total. The second kappa shape index (κ2) is 11.2. The number of carboxylic acids is 1. The van der Waals surface area contributed by atoms with Gasteiger partial charge in [0.15, 0.2) is 5.78 Å². The normalized spacial score (nSPS) is 37.5. The summed E-state index contributed by atoms with van der Waals surface area (Å²) in [5.74, 6) is -2.94. The highest BCUT2D eigenvalue weighted by atomic mass is 32.2. The number of rotatable bonds is 10. The van der Waals surface area contributed by atoms with Crippen LogP contribution in [0.15, 0.2) is 16.9 Å². The Bertz CT molecular complexity index is 1340. The molecule has 0 spiro atoms. The van der Waals surface area contributed by atoms with E-state index in [-0.39, 0.29) is 71.9 Å². The summed E-state index contributed by atoms with van der Waals surface area (Å²) >= 11 is 1.41. The van der Waals surface area contributed by atoms with Crippen molar-refractivity contribution in [1.82, 2.24) is 35.3 Å². The number of likely N-dealkylation sites (tertiary alicyclic amines) is 1. The number of aliphatic hydroxyl groups excluding tert-OH is 2. The molecule has 3 saturated heterocycles. The number of nitrogens with zero attached hydrogens (tertiary/aromatic N) is 6. The van der Waals surface area contributed by atoms with Crippen molar-refractivity contribution in [1.29, 1.82) is 0 Å². The summed E-state index contributed by atoms with van der Waals surface area (Å²) in [4.78, 5) is 55.4. The number of ketones is 1. The SMILES string of the molecule is C[C@@H](CC(=O)Cn1cnnn1)[C@H]1C(=O)N2C(C(=O)O)=C(S[C@@H]3CN[C@H](C(=O)N4CC5[C@H](O)[C@H](N)C[C@@]5(CO)C4)C3)[C@H](C)[C@H]12. The van der Waals surface area contributed by atoms with Crippen molar-refractivity contribution < 1.29 is 34.5 Å². The fraction of sp³-hybridized carbons (Fsp3) is 0.741. The Morgan fingerprint density at radius 2 is 2.09 bits per heavy atom. The molecule has 16 heteroatoms. The Morgan fingerprint density at radius 3 is 2.74 bits per heavy atom. The average Bonchev–Trinajstić information content (AvgIpc) is 3.77. The van der Waals surface area contributed by atoms with Crippen molar-refractivity contribution in [3.63, 3.8) is 0 Å². The molecule has 1 saturated carbocycles. The van der Waals surface area contributed by atoms with E-state index < -0.39 is 35.5 Å². The highest BCUT2D eigenvalue weighted by Crippen LogP contribution is 2.53. The van der Waals surface area contributed by atoms with Crippen LogP contribution in [0.2, 0.25) is 0 Å². The summed E-state index contributed by atoms with van der Waals surface area (Å²) < 4.78 is 1.33. The van der Waals surface area contributed by atoms with Gasteiger partial charge >= 0.3 is 5.97 Å². The van der Waals surface area contributed by atoms with Crippen molar-refractivity contribution in [3.8, 4) is 0 Å². The van der Waals surface area contributed by atoms with E-state index in [1.807, 2.05) is 13.8 Å². The van der Waals surface area contributed by atoms with E-state index in [4.69, 9.17) is 5.73 Å². The van der Waals surface area contributed by atoms with Crippen molar-refractivity contribution in [2.24, 2.45) is 34.8 Å². The van der Waals surface area contributed by atoms with Gasteiger partial charge in [-0.3, -0.25) is 14.4 Å². The van der Waals surface area contributed by atoms with Gasteiger partial charge in [0.25, 0.3) is 0 Å². The zero-order valence-electron chi connectivity index (χ0n) is 24.1. The number of carboxylic acid groups (broad SMARTS) is 1. The summed E-state index contributed by atoms with van der Waals surface area (Å²) in [5.41, 5.74) is 5.45. The number of hydrogen-bond donors (Lipinski definition) is 5. The number of fused-ring (bicyclic) bond motifs is 2. The Kier molecular flexibility index (Phi) is 7.86. The fourth-order valence-corrected chi connectivity index (χ4v) is 9.58. The molecule has 43 heavy (non-hydrogen) atoms. The van der Waals surface area contributed by atoms with Crippen LogP contribution in [-0.4, -0.2) is 125 Å². The zero-order valence-corrected chi connectivity index (χ0v) is 24.9. The molecule has 4 aliphatic heterocycles. The van der Waals surface area contributed by atoms with Crippen molar-refractivity contribution in [2.75, 3.05) is 26.2 Å². The quantitative estimate of drug-likeness (QED) is 0.180. The molecule has 0 aromatic carbocycles. The number of tetrazole rings is 1. The molecule has 5 heterocycles. The molecular formula is C27H38N8O7S. The van der Waals surface area contributed by atoms with E-state index >= 15 is 0 Å². The maximum atomic E-state index is 13.5. The largest absolute Gasteiger partial charge is 0.477 e. The van der Waals surface area contributed by atoms with Gasteiger partial charge in [-0.25, -0.2) is 9.48 Å². The molecule has 2 amide bonds. The van der Waals surface area contributed by atoms with Gasteiger partial charge in [0.05, 0.1) is 30.7 Å². The lowest BCUT2D eigenvalue weighted by atomic mass is 9.73. The standard InChI is InChI=1S/C27H38N8O7S/c1-12(3-14(37)7-34-11-30-31-32-34)19-20-13(2)23(21(26(41)42)35(20)25(19)40)43-15-4-18(29-6-15)24(39)33-8-16-22(38)17(28)5-27(16,9-33)10-36/h11-13,15-20,22,29,36,38H,3-10,28H2,1-2H3,(H,41,42)/t12-,13+,15-,16?,17+,18-,19+,20+,22-,27-/m0/s1. The van der Waals surface area contributed by atoms with Gasteiger partial charge in [-0.1, -0.05) is 13.8 Å². The highest BCUT2D eigenvalue weighted by molar-refractivity contribution is 8.03. The van der Waals surface area contributed by atoms with Gasteiger partial charge in [0, 0.05) is 59.5 Å². The summed E-state index contributed by atoms with van der Waals surface area (Å²) in [5, 5.41) is 44.7. The Hall–Kier alpha value is -2.92. The molecule has 234 valence electrons. The van der Waals surface area contributed by atoms with Gasteiger partial charge in [-0.05, 0) is 29.2 Å². The molecular weight excluding hydrogens is 580 g/mol. The number of nitrogens with one attached hydrogen (secondary N) is 1. The molecule has 0 radical (unpaired) electrons. The first-order valence-electron chi connectivity index (χ1n) is 14.7. The summed E-state index contributed by atoms with van der Waals surface area (Å²) in [7, 11) is 0. The third kappa shape index (κ3) is 4.96. The second-order valence-electron chi connectivity index (χ2n) is 12.9. The van der Waals surface area contributed by atoms with E-state index in [0.29, 0.717) is 37.4 Å². The first-order chi connectivity index (χ1) is 20.5. The van der Waals surface area contributed by atoms with E-state index in [2.05, 4.69) is 20.8 Å². The fourth-order valence-electron chi connectivity index (χ4n) is 8.10. The van der Waals surface area contributed by atoms with Crippen molar-refractivity contribution in [2.45, 2.75) is 69.1 Å². The lowest BCUT2D eigenvalue weighted by Gasteiger charge is -2.47. The maximum Gasteiger partial charge on any atom is 0.353 e. The predicted molar refractivity (Wildman–Crippen MR) is 151 cm³/mol. The van der Waals surface area contributed by atoms with Crippen LogP contribution < -0.4 is 11.1 Å². The minimum absolute atomic E-state index is 0.00364. The zero-order chi connectivity index (χ0) is 30.8. The Morgan fingerprint density at radius 1 is 1.33 bits per heavy atom. The van der Waals surface area contributed by atoms with Crippen LogP contribution >= 0.6 is 11.8 Å². The molecule has 1 aromatic rings. The van der Waals surface area contributed by atoms with Crippen molar-refractivity contribution in [3.05, 3.63) is 16.9 Å². The first-order valence-corrected chi connectivity index (χ1v) is 15.6. The topological polar surface area (TPSA) is 217 Å². The van der Waals surface area contributed by atoms with E-state index in [0.717, 1.165) is 0 Å². The van der Waals surface area contributed by atoms with Gasteiger partial charge < -0.3 is 36.2 Å². The first kappa shape index (κ1) is 30.1. The van der Waals surface area contributed by atoms with E-state index in [1.165, 1.54) is 27.7 Å². The number of carbonyl (C=O) groups excluding carboxylic acids is 3. The minimum Gasteiger partial charge on any atom is -0.477 e. The van der Waals surface area contributed by atoms with Gasteiger partial charge in [-0.2, -0.15) is 0 Å². The number of β-lactam (4-membered cyclic amide) rings is 1. The van der Waals surface area contributed by atoms with Crippen LogP contribution in [0.3, 0.4) is 0 Å². The number of aliphatic hydroxyl groups is 2. The second-order valence-corrected chi connectivity index (χ2v) is 14.2. The molecule has 10 atom stereocenters. The molecule has 5 aliphatic rings. The number of thioether (sulfide) groups is 1. The number of hydrogen-bond acceptors (Lipinski definition) is 12. The Labute approximate surface area is 252 Å². The summed E-state index contributed by atoms with van der Waals surface area (Å²) in [6, 6.07) is -1.23. The average molecular weight is 619 g/mol. The number of carbonyl (C=O) groups is 4. The van der Waals surface area contributed by atoms with Crippen LogP contribution in [0.4, 0.5) is 0 Å². The molecule has 6 N–H and O–H groups in total. The highest BCUT2D eigenvalue weighted by Gasteiger charge is 2.61. The van der Waals surface area contributed by atoms with Crippen LogP contribution in [0.25, 0.3) is 0 Å². The lowest BCUT2D eigenvalue weighted by Crippen LogP contribution is -2.62.